The Bertz CT molecular complexity index is 290. The zero-order valence-corrected chi connectivity index (χ0v) is 11.7. The Balaban J connectivity index is 1.69. The number of alkyl halides is 1. The van der Waals surface area contributed by atoms with Crippen molar-refractivity contribution in [2.45, 2.75) is 55.4 Å². The number of nitrogens with zero attached hydrogens (tertiary/aromatic N) is 1. The lowest BCUT2D eigenvalue weighted by atomic mass is 9.96. The highest BCUT2D eigenvalue weighted by Crippen LogP contribution is 2.39. The maximum Gasteiger partial charge on any atom is 0.228 e. The molecule has 17 heavy (non-hydrogen) atoms. The molecule has 0 spiro atoms. The Morgan fingerprint density at radius 3 is 2.47 bits per heavy atom. The van der Waals surface area contributed by atoms with E-state index in [0.29, 0.717) is 29.4 Å². The molecule has 3 fully saturated rings. The average Bonchev–Trinajstić information content (AvgIpc) is 2.62. The second-order valence-corrected chi connectivity index (χ2v) is 6.91. The minimum Gasteiger partial charge on any atom is -0.381 e. The van der Waals surface area contributed by atoms with Crippen LogP contribution < -0.4 is 0 Å². The summed E-state index contributed by atoms with van der Waals surface area (Å²) in [4.78, 5) is 15.4. The van der Waals surface area contributed by atoms with E-state index in [2.05, 4.69) is 20.8 Å². The van der Waals surface area contributed by atoms with Crippen LogP contribution in [-0.2, 0) is 9.53 Å². The zero-order chi connectivity index (χ0) is 11.8. The van der Waals surface area contributed by atoms with Crippen molar-refractivity contribution in [2.24, 2.45) is 5.92 Å². The van der Waals surface area contributed by atoms with Gasteiger partial charge in [0, 0.05) is 23.5 Å². The van der Waals surface area contributed by atoms with Gasteiger partial charge in [-0.05, 0) is 38.5 Å². The van der Waals surface area contributed by atoms with Gasteiger partial charge in [0.05, 0.1) is 12.5 Å². The van der Waals surface area contributed by atoms with Crippen LogP contribution in [0.1, 0.15) is 38.5 Å². The second-order valence-electron chi connectivity index (χ2n) is 5.61. The van der Waals surface area contributed by atoms with Gasteiger partial charge in [0.15, 0.2) is 0 Å². The van der Waals surface area contributed by atoms with Gasteiger partial charge in [-0.15, -0.1) is 0 Å². The van der Waals surface area contributed by atoms with Crippen LogP contribution in [0.25, 0.3) is 0 Å². The first-order valence-corrected chi connectivity index (χ1v) is 7.71. The third-order valence-electron chi connectivity index (χ3n) is 4.44. The molecular weight excluding hydrogens is 282 g/mol. The largest absolute Gasteiger partial charge is 0.381 e. The molecule has 3 rings (SSSR count). The number of fused-ring (bicyclic) bond motifs is 2. The van der Waals surface area contributed by atoms with Crippen molar-refractivity contribution < 1.29 is 9.53 Å². The van der Waals surface area contributed by atoms with Crippen molar-refractivity contribution in [3.63, 3.8) is 0 Å². The number of hydrogen-bond donors (Lipinski definition) is 0. The lowest BCUT2D eigenvalue weighted by Gasteiger charge is -2.39. The fourth-order valence-electron chi connectivity index (χ4n) is 3.62. The highest BCUT2D eigenvalue weighted by atomic mass is 79.9. The standard InChI is InChI=1S/C13H20BrNO2/c14-10-6-11-3-4-12(7-10)15(11)13(16)9-2-1-5-17-8-9/h9-12H,1-8H2. The summed E-state index contributed by atoms with van der Waals surface area (Å²) < 4.78 is 5.45. The summed E-state index contributed by atoms with van der Waals surface area (Å²) in [6.07, 6.45) is 6.73. The molecule has 2 bridgehead atoms. The summed E-state index contributed by atoms with van der Waals surface area (Å²) in [5, 5.41) is 0. The summed E-state index contributed by atoms with van der Waals surface area (Å²) in [5.41, 5.74) is 0. The maximum atomic E-state index is 12.6. The van der Waals surface area contributed by atoms with Crippen LogP contribution in [0.2, 0.25) is 0 Å². The fourth-order valence-corrected chi connectivity index (χ4v) is 4.48. The third-order valence-corrected chi connectivity index (χ3v) is 5.19. The van der Waals surface area contributed by atoms with E-state index in [1.807, 2.05) is 0 Å². The molecule has 3 unspecified atom stereocenters. The quantitative estimate of drug-likeness (QED) is 0.696. The summed E-state index contributed by atoms with van der Waals surface area (Å²) in [6, 6.07) is 0.986. The van der Waals surface area contributed by atoms with E-state index in [9.17, 15) is 4.79 Å². The van der Waals surface area contributed by atoms with Crippen molar-refractivity contribution in [1.82, 2.24) is 4.90 Å². The highest BCUT2D eigenvalue weighted by Gasteiger charge is 2.44. The van der Waals surface area contributed by atoms with Crippen molar-refractivity contribution in [1.29, 1.82) is 0 Å². The van der Waals surface area contributed by atoms with Gasteiger partial charge in [-0.1, -0.05) is 15.9 Å². The lowest BCUT2D eigenvalue weighted by Crippen LogP contribution is -2.50. The molecule has 3 saturated heterocycles. The first kappa shape index (κ1) is 12.0. The summed E-state index contributed by atoms with van der Waals surface area (Å²) >= 11 is 3.72. The Morgan fingerprint density at radius 1 is 1.18 bits per heavy atom. The topological polar surface area (TPSA) is 29.5 Å². The molecule has 3 heterocycles. The molecule has 1 amide bonds. The highest BCUT2D eigenvalue weighted by molar-refractivity contribution is 9.09. The molecule has 0 N–H and O–H groups in total. The molecule has 4 heteroatoms. The Morgan fingerprint density at radius 2 is 1.88 bits per heavy atom. The van der Waals surface area contributed by atoms with Gasteiger partial charge < -0.3 is 9.64 Å². The molecule has 3 nitrogen and oxygen atoms in total. The van der Waals surface area contributed by atoms with Crippen LogP contribution in [0.5, 0.6) is 0 Å². The molecule has 0 aliphatic carbocycles. The number of halogens is 1. The molecule has 3 atom stereocenters. The molecule has 0 aromatic carbocycles. The van der Waals surface area contributed by atoms with E-state index >= 15 is 0 Å². The van der Waals surface area contributed by atoms with Gasteiger partial charge in [0.25, 0.3) is 0 Å². The number of ether oxygens (including phenoxy) is 1. The van der Waals surface area contributed by atoms with Crippen molar-refractivity contribution in [3.05, 3.63) is 0 Å². The number of rotatable bonds is 1. The predicted molar refractivity (Wildman–Crippen MR) is 69.1 cm³/mol. The van der Waals surface area contributed by atoms with Crippen molar-refractivity contribution in [2.75, 3.05) is 13.2 Å². The minimum absolute atomic E-state index is 0.138. The van der Waals surface area contributed by atoms with Gasteiger partial charge in [-0.25, -0.2) is 0 Å². The molecule has 0 aromatic heterocycles. The van der Waals surface area contributed by atoms with Crippen LogP contribution >= 0.6 is 15.9 Å². The van der Waals surface area contributed by atoms with Crippen molar-refractivity contribution >= 4 is 21.8 Å². The van der Waals surface area contributed by atoms with E-state index in [4.69, 9.17) is 4.74 Å². The Labute approximate surface area is 111 Å². The van der Waals surface area contributed by atoms with E-state index in [-0.39, 0.29) is 5.92 Å². The smallest absolute Gasteiger partial charge is 0.228 e. The number of amides is 1. The normalized spacial score (nSPS) is 41.6. The second kappa shape index (κ2) is 4.88. The van der Waals surface area contributed by atoms with Crippen molar-refractivity contribution in [3.8, 4) is 0 Å². The Kier molecular flexibility index (Phi) is 3.44. The molecule has 0 aromatic rings. The lowest BCUT2D eigenvalue weighted by molar-refractivity contribution is -0.144. The first-order chi connectivity index (χ1) is 8.25. The zero-order valence-electron chi connectivity index (χ0n) is 10.1. The molecule has 0 saturated carbocycles. The molecule has 3 aliphatic rings. The van der Waals surface area contributed by atoms with Gasteiger partial charge in [0.2, 0.25) is 5.91 Å². The number of hydrogen-bond acceptors (Lipinski definition) is 2. The van der Waals surface area contributed by atoms with Gasteiger partial charge >= 0.3 is 0 Å². The number of piperidine rings is 1. The van der Waals surface area contributed by atoms with Crippen LogP contribution in [0, 0.1) is 5.92 Å². The SMILES string of the molecule is O=C(C1CCCOC1)N1C2CCC1CC(Br)C2. The molecular formula is C13H20BrNO2. The predicted octanol–water partition coefficient (Wildman–Crippen LogP) is 2.33. The van der Waals surface area contributed by atoms with E-state index < -0.39 is 0 Å². The number of carbonyl (C=O) groups is 1. The molecule has 96 valence electrons. The van der Waals surface area contributed by atoms with Crippen LogP contribution in [0.4, 0.5) is 0 Å². The van der Waals surface area contributed by atoms with E-state index in [0.717, 1.165) is 32.3 Å². The Hall–Kier alpha value is -0.0900. The third kappa shape index (κ3) is 2.26. The van der Waals surface area contributed by atoms with Gasteiger partial charge in [0.1, 0.15) is 0 Å². The van der Waals surface area contributed by atoms with E-state index in [1.54, 1.807) is 0 Å². The summed E-state index contributed by atoms with van der Waals surface area (Å²) in [6.45, 7) is 1.48. The van der Waals surface area contributed by atoms with Gasteiger partial charge in [-0.3, -0.25) is 4.79 Å². The van der Waals surface area contributed by atoms with E-state index in [1.165, 1.54) is 12.8 Å². The summed E-state index contributed by atoms with van der Waals surface area (Å²) in [7, 11) is 0. The molecule has 3 aliphatic heterocycles. The minimum atomic E-state index is 0.138. The number of carbonyl (C=O) groups excluding carboxylic acids is 1. The van der Waals surface area contributed by atoms with Crippen LogP contribution in [0.3, 0.4) is 0 Å². The first-order valence-electron chi connectivity index (χ1n) is 6.79. The maximum absolute atomic E-state index is 12.6. The van der Waals surface area contributed by atoms with Crippen LogP contribution in [0.15, 0.2) is 0 Å². The van der Waals surface area contributed by atoms with Crippen LogP contribution in [-0.4, -0.2) is 40.9 Å². The van der Waals surface area contributed by atoms with Gasteiger partial charge in [-0.2, -0.15) is 0 Å². The molecule has 0 radical (unpaired) electrons. The summed E-state index contributed by atoms with van der Waals surface area (Å²) in [5.74, 6) is 0.510. The fraction of sp³-hybridized carbons (Fsp3) is 0.923. The average molecular weight is 302 g/mol. The monoisotopic (exact) mass is 301 g/mol.